The monoisotopic (exact) mass is 316 g/mol. The normalized spacial score (nSPS) is 10.8. The fourth-order valence-electron chi connectivity index (χ4n) is 2.28. The van der Waals surface area contributed by atoms with E-state index in [2.05, 4.69) is 5.32 Å². The molecule has 0 saturated heterocycles. The summed E-state index contributed by atoms with van der Waals surface area (Å²) in [5.41, 5.74) is 1.67. The first kappa shape index (κ1) is 14.5. The number of anilines is 1. The summed E-state index contributed by atoms with van der Waals surface area (Å²) in [6.07, 6.45) is 0. The molecule has 4 nitrogen and oxygen atoms in total. The summed E-state index contributed by atoms with van der Waals surface area (Å²) in [7, 11) is 0. The SMILES string of the molecule is CCn1c(=O)sc2cc(NC(=O)c3cccc(F)c3)ccc21. The minimum atomic E-state index is -0.457. The Morgan fingerprint density at radius 1 is 1.27 bits per heavy atom. The van der Waals surface area contributed by atoms with Gasteiger partial charge in [-0.3, -0.25) is 14.2 Å². The molecule has 6 heteroatoms. The molecule has 0 atom stereocenters. The van der Waals surface area contributed by atoms with Crippen LogP contribution >= 0.6 is 11.3 Å². The smallest absolute Gasteiger partial charge is 0.308 e. The molecule has 0 aliphatic carbocycles. The van der Waals surface area contributed by atoms with E-state index in [0.717, 1.165) is 21.6 Å². The van der Waals surface area contributed by atoms with Gasteiger partial charge in [0.2, 0.25) is 0 Å². The molecule has 0 unspecified atom stereocenters. The van der Waals surface area contributed by atoms with Crippen molar-refractivity contribution in [3.8, 4) is 0 Å². The Labute approximate surface area is 129 Å². The van der Waals surface area contributed by atoms with Gasteiger partial charge in [0, 0.05) is 17.8 Å². The summed E-state index contributed by atoms with van der Waals surface area (Å²) in [4.78, 5) is 23.9. The molecule has 1 N–H and O–H groups in total. The first-order valence-corrected chi connectivity index (χ1v) is 7.60. The Balaban J connectivity index is 1.91. The van der Waals surface area contributed by atoms with Crippen LogP contribution in [0.2, 0.25) is 0 Å². The summed E-state index contributed by atoms with van der Waals surface area (Å²) >= 11 is 1.14. The highest BCUT2D eigenvalue weighted by molar-refractivity contribution is 7.16. The molecule has 3 rings (SSSR count). The Kier molecular flexibility index (Phi) is 3.77. The number of carbonyl (C=O) groups excluding carboxylic acids is 1. The second-order valence-electron chi connectivity index (χ2n) is 4.76. The second-order valence-corrected chi connectivity index (χ2v) is 5.75. The lowest BCUT2D eigenvalue weighted by Gasteiger charge is -2.06. The number of benzene rings is 2. The van der Waals surface area contributed by atoms with Crippen LogP contribution in [0.4, 0.5) is 10.1 Å². The van der Waals surface area contributed by atoms with Crippen LogP contribution in [0.3, 0.4) is 0 Å². The van der Waals surface area contributed by atoms with Gasteiger partial charge < -0.3 is 5.32 Å². The first-order chi connectivity index (χ1) is 10.6. The lowest BCUT2D eigenvalue weighted by atomic mass is 10.2. The van der Waals surface area contributed by atoms with Gasteiger partial charge in [-0.15, -0.1) is 0 Å². The molecule has 1 aromatic heterocycles. The molecule has 0 spiro atoms. The van der Waals surface area contributed by atoms with E-state index in [1.165, 1.54) is 18.2 Å². The lowest BCUT2D eigenvalue weighted by molar-refractivity contribution is 0.102. The van der Waals surface area contributed by atoms with Crippen molar-refractivity contribution in [3.63, 3.8) is 0 Å². The highest BCUT2D eigenvalue weighted by atomic mass is 32.1. The molecular weight excluding hydrogens is 303 g/mol. The molecule has 2 aromatic carbocycles. The number of aryl methyl sites for hydroxylation is 1. The summed E-state index contributed by atoms with van der Waals surface area (Å²) in [6, 6.07) is 10.8. The van der Waals surface area contributed by atoms with Crippen molar-refractivity contribution < 1.29 is 9.18 Å². The van der Waals surface area contributed by atoms with Crippen molar-refractivity contribution in [1.29, 1.82) is 0 Å². The number of nitrogens with zero attached hydrogens (tertiary/aromatic N) is 1. The highest BCUT2D eigenvalue weighted by Crippen LogP contribution is 2.22. The van der Waals surface area contributed by atoms with Crippen LogP contribution < -0.4 is 10.2 Å². The molecule has 0 saturated carbocycles. The van der Waals surface area contributed by atoms with E-state index in [1.807, 2.05) is 6.92 Å². The molecule has 0 aliphatic rings. The number of hydrogen-bond donors (Lipinski definition) is 1. The summed E-state index contributed by atoms with van der Waals surface area (Å²) < 4.78 is 15.6. The molecule has 1 heterocycles. The molecule has 3 aromatic rings. The van der Waals surface area contributed by atoms with Gasteiger partial charge >= 0.3 is 4.87 Å². The van der Waals surface area contributed by atoms with Gasteiger partial charge in [-0.1, -0.05) is 17.4 Å². The molecular formula is C16H13FN2O2S. The minimum absolute atomic E-state index is 0.0221. The van der Waals surface area contributed by atoms with Crippen molar-refractivity contribution in [3.05, 3.63) is 63.5 Å². The zero-order valence-corrected chi connectivity index (χ0v) is 12.6. The topological polar surface area (TPSA) is 51.1 Å². The van der Waals surface area contributed by atoms with Crippen LogP contribution in [0.5, 0.6) is 0 Å². The van der Waals surface area contributed by atoms with E-state index in [1.54, 1.807) is 28.8 Å². The summed E-state index contributed by atoms with van der Waals surface area (Å²) in [5, 5.41) is 2.71. The van der Waals surface area contributed by atoms with Crippen LogP contribution in [0.15, 0.2) is 47.3 Å². The van der Waals surface area contributed by atoms with Crippen molar-refractivity contribution in [1.82, 2.24) is 4.57 Å². The number of thiazole rings is 1. The number of carbonyl (C=O) groups is 1. The Hall–Kier alpha value is -2.47. The largest absolute Gasteiger partial charge is 0.322 e. The zero-order valence-electron chi connectivity index (χ0n) is 11.8. The van der Waals surface area contributed by atoms with Crippen molar-refractivity contribution in [2.75, 3.05) is 5.32 Å². The third-order valence-electron chi connectivity index (χ3n) is 3.33. The number of halogens is 1. The Bertz CT molecular complexity index is 914. The highest BCUT2D eigenvalue weighted by Gasteiger charge is 2.10. The van der Waals surface area contributed by atoms with Gasteiger partial charge in [0.15, 0.2) is 0 Å². The number of aromatic nitrogens is 1. The van der Waals surface area contributed by atoms with E-state index in [0.29, 0.717) is 12.2 Å². The maximum atomic E-state index is 13.1. The van der Waals surface area contributed by atoms with E-state index in [4.69, 9.17) is 0 Å². The van der Waals surface area contributed by atoms with Crippen molar-refractivity contribution >= 4 is 33.1 Å². The van der Waals surface area contributed by atoms with Crippen LogP contribution in [0, 0.1) is 5.82 Å². The van der Waals surface area contributed by atoms with Gasteiger partial charge in [0.1, 0.15) is 5.82 Å². The van der Waals surface area contributed by atoms with E-state index >= 15 is 0 Å². The van der Waals surface area contributed by atoms with E-state index in [-0.39, 0.29) is 16.3 Å². The number of hydrogen-bond acceptors (Lipinski definition) is 3. The van der Waals surface area contributed by atoms with E-state index < -0.39 is 5.82 Å². The molecule has 1 amide bonds. The Morgan fingerprint density at radius 2 is 2.09 bits per heavy atom. The number of rotatable bonds is 3. The number of fused-ring (bicyclic) bond motifs is 1. The molecule has 0 fully saturated rings. The quantitative estimate of drug-likeness (QED) is 0.804. The molecule has 0 bridgehead atoms. The molecule has 22 heavy (non-hydrogen) atoms. The fourth-order valence-corrected chi connectivity index (χ4v) is 3.27. The van der Waals surface area contributed by atoms with Crippen molar-refractivity contribution in [2.45, 2.75) is 13.5 Å². The van der Waals surface area contributed by atoms with E-state index in [9.17, 15) is 14.0 Å². The summed E-state index contributed by atoms with van der Waals surface area (Å²) in [5.74, 6) is -0.845. The molecule has 0 radical (unpaired) electrons. The van der Waals surface area contributed by atoms with Gasteiger partial charge in [0.25, 0.3) is 5.91 Å². The maximum Gasteiger partial charge on any atom is 0.308 e. The predicted octanol–water partition coefficient (Wildman–Crippen LogP) is 3.47. The molecule has 112 valence electrons. The average molecular weight is 316 g/mol. The summed E-state index contributed by atoms with van der Waals surface area (Å²) in [6.45, 7) is 2.51. The standard InChI is InChI=1S/C16H13FN2O2S/c1-2-19-13-7-6-12(9-14(13)22-16(19)21)18-15(20)10-4-3-5-11(17)8-10/h3-9H,2H2,1H3,(H,18,20). The van der Waals surface area contributed by atoms with Crippen LogP contribution in [-0.2, 0) is 6.54 Å². The van der Waals surface area contributed by atoms with Crippen molar-refractivity contribution in [2.24, 2.45) is 0 Å². The average Bonchev–Trinajstić information content (AvgIpc) is 2.81. The maximum absolute atomic E-state index is 13.1. The van der Waals surface area contributed by atoms with Crippen LogP contribution in [-0.4, -0.2) is 10.5 Å². The van der Waals surface area contributed by atoms with Gasteiger partial charge in [-0.2, -0.15) is 0 Å². The number of nitrogens with one attached hydrogen (secondary N) is 1. The third-order valence-corrected chi connectivity index (χ3v) is 4.27. The van der Waals surface area contributed by atoms with Gasteiger partial charge in [0.05, 0.1) is 10.2 Å². The number of amides is 1. The van der Waals surface area contributed by atoms with Gasteiger partial charge in [-0.05, 0) is 43.3 Å². The third kappa shape index (κ3) is 2.65. The Morgan fingerprint density at radius 3 is 2.82 bits per heavy atom. The second kappa shape index (κ2) is 5.73. The van der Waals surface area contributed by atoms with Gasteiger partial charge in [-0.25, -0.2) is 4.39 Å². The molecule has 0 aliphatic heterocycles. The minimum Gasteiger partial charge on any atom is -0.322 e. The first-order valence-electron chi connectivity index (χ1n) is 6.79. The van der Waals surface area contributed by atoms with Crippen LogP contribution in [0.25, 0.3) is 10.2 Å². The predicted molar refractivity (Wildman–Crippen MR) is 86.1 cm³/mol. The zero-order chi connectivity index (χ0) is 15.7. The lowest BCUT2D eigenvalue weighted by Crippen LogP contribution is -2.12. The fraction of sp³-hybridized carbons (Fsp3) is 0.125. The van der Waals surface area contributed by atoms with Crippen LogP contribution in [0.1, 0.15) is 17.3 Å².